The van der Waals surface area contributed by atoms with Crippen LogP contribution in [0.5, 0.6) is 0 Å². The predicted molar refractivity (Wildman–Crippen MR) is 142 cm³/mol. The molecule has 2 heterocycles. The van der Waals surface area contributed by atoms with Crippen LogP contribution in [-0.4, -0.2) is 62.6 Å². The molecule has 3 aromatic rings. The fraction of sp³-hybridized carbons (Fsp3) is 0.444. The first-order valence-corrected chi connectivity index (χ1v) is 14.0. The zero-order valence-corrected chi connectivity index (χ0v) is 21.6. The quantitative estimate of drug-likeness (QED) is 0.468. The van der Waals surface area contributed by atoms with E-state index in [4.69, 9.17) is 0 Å². The Balaban J connectivity index is 1.60. The fourth-order valence-electron chi connectivity index (χ4n) is 4.99. The van der Waals surface area contributed by atoms with Crippen molar-refractivity contribution in [3.63, 3.8) is 0 Å². The molecule has 0 saturated carbocycles. The molecular formula is C27H36N4O3S. The summed E-state index contributed by atoms with van der Waals surface area (Å²) in [7, 11) is 0.577. The van der Waals surface area contributed by atoms with Gasteiger partial charge in [-0.2, -0.15) is 4.31 Å². The van der Waals surface area contributed by atoms with E-state index in [1.54, 1.807) is 0 Å². The number of aromatic amines is 1. The summed E-state index contributed by atoms with van der Waals surface area (Å²) < 4.78 is 27.1. The third-order valence-corrected chi connectivity index (χ3v) is 8.94. The van der Waals surface area contributed by atoms with Crippen LogP contribution in [0.3, 0.4) is 0 Å². The summed E-state index contributed by atoms with van der Waals surface area (Å²) in [5.41, 5.74) is 4.36. The van der Waals surface area contributed by atoms with Crippen molar-refractivity contribution in [2.45, 2.75) is 44.6 Å². The molecule has 2 N–H and O–H groups in total. The van der Waals surface area contributed by atoms with Gasteiger partial charge < -0.3 is 15.2 Å². The zero-order valence-electron chi connectivity index (χ0n) is 20.8. The smallest absolute Gasteiger partial charge is 0.238 e. The number of carbonyl (C=O) groups is 1. The molecule has 1 amide bonds. The average Bonchev–Trinajstić information content (AvgIpc) is 3.28. The van der Waals surface area contributed by atoms with Gasteiger partial charge >= 0.3 is 0 Å². The molecule has 0 radical (unpaired) electrons. The van der Waals surface area contributed by atoms with Crippen molar-refractivity contribution in [1.29, 1.82) is 0 Å². The number of rotatable bonds is 9. The number of para-hydroxylation sites is 1. The minimum atomic E-state index is -3.44. The van der Waals surface area contributed by atoms with E-state index in [2.05, 4.69) is 45.5 Å². The Bertz CT molecular complexity index is 1250. The van der Waals surface area contributed by atoms with Crippen LogP contribution in [-0.2, 0) is 14.8 Å². The molecule has 2 atom stereocenters. The van der Waals surface area contributed by atoms with Crippen molar-refractivity contribution in [3.8, 4) is 0 Å². The molecule has 0 aliphatic carbocycles. The highest BCUT2D eigenvalue weighted by molar-refractivity contribution is 7.89. The lowest BCUT2D eigenvalue weighted by atomic mass is 9.90. The van der Waals surface area contributed by atoms with Crippen molar-refractivity contribution in [1.82, 2.24) is 14.6 Å². The maximum atomic E-state index is 13.3. The first-order chi connectivity index (χ1) is 16.8. The molecule has 1 fully saturated rings. The van der Waals surface area contributed by atoms with E-state index in [1.165, 1.54) is 4.31 Å². The summed E-state index contributed by atoms with van der Waals surface area (Å²) in [6.07, 6.45) is 4.76. The molecule has 1 aliphatic rings. The standard InChI is InChI=1S/C27H36N4O3S/c1-4-17-35(33,34)31-16-8-7-11-26(31)27(32)29-18-23(20-12-14-21(15-13-20)30(2)3)24-19-28-25-10-6-5-9-22(24)25/h5-6,9-10,12-15,19,23,26,28H,4,7-8,11,16-18H2,1-3H3,(H,29,32). The monoisotopic (exact) mass is 496 g/mol. The van der Waals surface area contributed by atoms with Gasteiger partial charge in [0.15, 0.2) is 0 Å². The Morgan fingerprint density at radius 2 is 1.89 bits per heavy atom. The van der Waals surface area contributed by atoms with Gasteiger partial charge in [0.25, 0.3) is 0 Å². The van der Waals surface area contributed by atoms with Crippen LogP contribution in [0, 0.1) is 0 Å². The molecule has 1 saturated heterocycles. The summed E-state index contributed by atoms with van der Waals surface area (Å²) in [4.78, 5) is 18.7. The van der Waals surface area contributed by atoms with Crippen molar-refractivity contribution < 1.29 is 13.2 Å². The van der Waals surface area contributed by atoms with Crippen LogP contribution >= 0.6 is 0 Å². The second kappa shape index (κ2) is 10.8. The molecule has 188 valence electrons. The number of sulfonamides is 1. The number of piperidine rings is 1. The second-order valence-electron chi connectivity index (χ2n) is 9.51. The number of hydrogen-bond donors (Lipinski definition) is 2. The Kier molecular flexibility index (Phi) is 7.82. The van der Waals surface area contributed by atoms with E-state index < -0.39 is 16.1 Å². The third-order valence-electron chi connectivity index (χ3n) is 6.86. The summed E-state index contributed by atoms with van der Waals surface area (Å²) in [6.45, 7) is 2.66. The lowest BCUT2D eigenvalue weighted by Crippen LogP contribution is -2.52. The van der Waals surface area contributed by atoms with Crippen LogP contribution in [0.2, 0.25) is 0 Å². The first-order valence-electron chi connectivity index (χ1n) is 12.4. The van der Waals surface area contributed by atoms with E-state index in [1.807, 2.05) is 45.4 Å². The third kappa shape index (κ3) is 5.54. The number of hydrogen-bond acceptors (Lipinski definition) is 4. The van der Waals surface area contributed by atoms with Crippen molar-refractivity contribution >= 4 is 32.5 Å². The van der Waals surface area contributed by atoms with Gasteiger partial charge in [-0.3, -0.25) is 4.79 Å². The normalized spacial score (nSPS) is 17.9. The van der Waals surface area contributed by atoms with Crippen molar-refractivity contribution in [2.75, 3.05) is 37.8 Å². The number of benzene rings is 2. The number of H-pyrrole nitrogens is 1. The minimum Gasteiger partial charge on any atom is -0.378 e. The van der Waals surface area contributed by atoms with Gasteiger partial charge in [0.1, 0.15) is 6.04 Å². The number of fused-ring (bicyclic) bond motifs is 1. The van der Waals surface area contributed by atoms with Crippen molar-refractivity contribution in [3.05, 3.63) is 65.9 Å². The fourth-order valence-corrected chi connectivity index (χ4v) is 6.74. The summed E-state index contributed by atoms with van der Waals surface area (Å²) in [5.74, 6) is -0.206. The maximum Gasteiger partial charge on any atom is 0.238 e. The lowest BCUT2D eigenvalue weighted by Gasteiger charge is -2.34. The van der Waals surface area contributed by atoms with E-state index in [-0.39, 0.29) is 17.6 Å². The largest absolute Gasteiger partial charge is 0.378 e. The maximum absolute atomic E-state index is 13.3. The van der Waals surface area contributed by atoms with E-state index in [0.717, 1.165) is 40.6 Å². The Labute approximate surface area is 208 Å². The highest BCUT2D eigenvalue weighted by Crippen LogP contribution is 2.32. The lowest BCUT2D eigenvalue weighted by molar-refractivity contribution is -0.125. The Morgan fingerprint density at radius 1 is 1.14 bits per heavy atom. The highest BCUT2D eigenvalue weighted by Gasteiger charge is 2.36. The molecule has 1 aromatic heterocycles. The van der Waals surface area contributed by atoms with Gasteiger partial charge in [-0.05, 0) is 48.6 Å². The van der Waals surface area contributed by atoms with Crippen LogP contribution in [0.15, 0.2) is 54.7 Å². The van der Waals surface area contributed by atoms with Crippen molar-refractivity contribution in [2.24, 2.45) is 0 Å². The molecule has 0 bridgehead atoms. The van der Waals surface area contributed by atoms with Crippen LogP contribution in [0.4, 0.5) is 5.69 Å². The highest BCUT2D eigenvalue weighted by atomic mass is 32.2. The SMILES string of the molecule is CCCS(=O)(=O)N1CCCCC1C(=O)NCC(c1ccc(N(C)C)cc1)c1c[nH]c2ccccc12. The molecule has 35 heavy (non-hydrogen) atoms. The van der Waals surface area contributed by atoms with Gasteiger partial charge in [-0.1, -0.05) is 43.7 Å². The van der Waals surface area contributed by atoms with Gasteiger partial charge in [0.2, 0.25) is 15.9 Å². The Hall–Kier alpha value is -2.84. The first kappa shape index (κ1) is 25.3. The summed E-state index contributed by atoms with van der Waals surface area (Å²) in [5, 5.41) is 4.23. The number of nitrogens with one attached hydrogen (secondary N) is 2. The van der Waals surface area contributed by atoms with Crippen LogP contribution in [0.25, 0.3) is 10.9 Å². The minimum absolute atomic E-state index is 0.0735. The predicted octanol–water partition coefficient (Wildman–Crippen LogP) is 4.08. The van der Waals surface area contributed by atoms with E-state index >= 15 is 0 Å². The molecule has 7 nitrogen and oxygen atoms in total. The number of carbonyl (C=O) groups excluding carboxylic acids is 1. The molecule has 4 rings (SSSR count). The summed E-state index contributed by atoms with van der Waals surface area (Å²) >= 11 is 0. The Morgan fingerprint density at radius 3 is 2.60 bits per heavy atom. The van der Waals surface area contributed by atoms with Gasteiger partial charge in [-0.15, -0.1) is 0 Å². The molecule has 2 unspecified atom stereocenters. The van der Waals surface area contributed by atoms with Crippen LogP contribution < -0.4 is 10.2 Å². The number of anilines is 1. The topological polar surface area (TPSA) is 85.5 Å². The number of aromatic nitrogens is 1. The molecule has 8 heteroatoms. The second-order valence-corrected chi connectivity index (χ2v) is 11.6. The number of nitrogens with zero attached hydrogens (tertiary/aromatic N) is 2. The van der Waals surface area contributed by atoms with Gasteiger partial charge in [-0.25, -0.2) is 8.42 Å². The molecule has 2 aromatic carbocycles. The average molecular weight is 497 g/mol. The number of amides is 1. The van der Waals surface area contributed by atoms with Gasteiger partial charge in [0.05, 0.1) is 5.75 Å². The zero-order chi connectivity index (χ0) is 25.0. The van der Waals surface area contributed by atoms with Crippen LogP contribution in [0.1, 0.15) is 49.7 Å². The molecule has 0 spiro atoms. The van der Waals surface area contributed by atoms with Gasteiger partial charge in [0, 0.05) is 55.9 Å². The van der Waals surface area contributed by atoms with E-state index in [9.17, 15) is 13.2 Å². The molecular weight excluding hydrogens is 460 g/mol. The summed E-state index contributed by atoms with van der Waals surface area (Å²) in [6, 6.07) is 15.9. The van der Waals surface area contributed by atoms with E-state index in [0.29, 0.717) is 25.9 Å². The molecule has 1 aliphatic heterocycles.